The van der Waals surface area contributed by atoms with Crippen LogP contribution < -0.4 is 5.32 Å². The third-order valence-corrected chi connectivity index (χ3v) is 3.64. The Bertz CT molecular complexity index is 572. The molecule has 0 bridgehead atoms. The number of aryl methyl sites for hydroxylation is 3. The van der Waals surface area contributed by atoms with Crippen LogP contribution in [0.3, 0.4) is 0 Å². The summed E-state index contributed by atoms with van der Waals surface area (Å²) in [6.45, 7) is 10.8. The Morgan fingerprint density at radius 1 is 1.19 bits per heavy atom. The lowest BCUT2D eigenvalue weighted by Gasteiger charge is -2.05. The Morgan fingerprint density at radius 3 is 2.71 bits per heavy atom. The molecule has 0 radical (unpaired) electrons. The molecular weight excluding hydrogens is 260 g/mol. The first-order chi connectivity index (χ1) is 10.1. The van der Waals surface area contributed by atoms with Gasteiger partial charge in [0.1, 0.15) is 0 Å². The Labute approximate surface area is 127 Å². The summed E-state index contributed by atoms with van der Waals surface area (Å²) in [4.78, 5) is 4.38. The fourth-order valence-corrected chi connectivity index (χ4v) is 2.21. The molecule has 0 atom stereocenters. The van der Waals surface area contributed by atoms with Gasteiger partial charge < -0.3 is 9.73 Å². The molecule has 3 nitrogen and oxygen atoms in total. The topological polar surface area (TPSA) is 38.1 Å². The maximum Gasteiger partial charge on any atom is 0.194 e. The number of hydrogen-bond acceptors (Lipinski definition) is 3. The molecule has 0 amide bonds. The van der Waals surface area contributed by atoms with Crippen molar-refractivity contribution in [1.29, 1.82) is 0 Å². The van der Waals surface area contributed by atoms with E-state index >= 15 is 0 Å². The largest absolute Gasteiger partial charge is 0.441 e. The summed E-state index contributed by atoms with van der Waals surface area (Å²) in [5.74, 6) is 2.39. The first-order valence-corrected chi connectivity index (χ1v) is 7.79. The third kappa shape index (κ3) is 4.71. The predicted molar refractivity (Wildman–Crippen MR) is 87.4 cm³/mol. The SMILES string of the molecule is Cc1ccc(-c2cnc(CCCNCC(C)C)o2)cc1C. The number of hydrogen-bond donors (Lipinski definition) is 1. The van der Waals surface area contributed by atoms with Crippen LogP contribution in [0.5, 0.6) is 0 Å². The molecule has 0 aliphatic rings. The fourth-order valence-electron chi connectivity index (χ4n) is 2.21. The van der Waals surface area contributed by atoms with E-state index in [0.29, 0.717) is 5.92 Å². The molecule has 114 valence electrons. The first-order valence-electron chi connectivity index (χ1n) is 7.79. The summed E-state index contributed by atoms with van der Waals surface area (Å²) in [7, 11) is 0. The van der Waals surface area contributed by atoms with Gasteiger partial charge in [0.2, 0.25) is 0 Å². The molecule has 0 aliphatic heterocycles. The highest BCUT2D eigenvalue weighted by atomic mass is 16.4. The molecule has 1 aromatic heterocycles. The van der Waals surface area contributed by atoms with Gasteiger partial charge in [-0.1, -0.05) is 26.0 Å². The van der Waals surface area contributed by atoms with Gasteiger partial charge in [-0.3, -0.25) is 0 Å². The number of nitrogens with one attached hydrogen (secondary N) is 1. The molecule has 21 heavy (non-hydrogen) atoms. The van der Waals surface area contributed by atoms with Crippen LogP contribution in [0, 0.1) is 19.8 Å². The predicted octanol–water partition coefficient (Wildman–Crippen LogP) is 4.14. The monoisotopic (exact) mass is 286 g/mol. The number of rotatable bonds is 7. The normalized spacial score (nSPS) is 11.3. The average Bonchev–Trinajstić information content (AvgIpc) is 2.90. The van der Waals surface area contributed by atoms with Crippen LogP contribution >= 0.6 is 0 Å². The van der Waals surface area contributed by atoms with Crippen LogP contribution in [0.15, 0.2) is 28.8 Å². The highest BCUT2D eigenvalue weighted by Gasteiger charge is 2.07. The molecular formula is C18H26N2O. The Balaban J connectivity index is 1.87. The van der Waals surface area contributed by atoms with E-state index in [1.165, 1.54) is 11.1 Å². The Morgan fingerprint density at radius 2 is 2.00 bits per heavy atom. The minimum Gasteiger partial charge on any atom is -0.441 e. The van der Waals surface area contributed by atoms with Crippen LogP contribution in [0.1, 0.15) is 37.3 Å². The highest BCUT2D eigenvalue weighted by Crippen LogP contribution is 2.23. The number of benzene rings is 1. The van der Waals surface area contributed by atoms with E-state index in [0.717, 1.165) is 43.1 Å². The zero-order chi connectivity index (χ0) is 15.2. The van der Waals surface area contributed by atoms with E-state index in [4.69, 9.17) is 4.42 Å². The van der Waals surface area contributed by atoms with Gasteiger partial charge in [-0.2, -0.15) is 0 Å². The maximum absolute atomic E-state index is 5.85. The lowest BCUT2D eigenvalue weighted by atomic mass is 10.1. The van der Waals surface area contributed by atoms with Crippen molar-refractivity contribution in [2.24, 2.45) is 5.92 Å². The smallest absolute Gasteiger partial charge is 0.194 e. The molecule has 0 saturated carbocycles. The minimum absolute atomic E-state index is 0.697. The lowest BCUT2D eigenvalue weighted by molar-refractivity contribution is 0.483. The summed E-state index contributed by atoms with van der Waals surface area (Å²) in [5, 5.41) is 3.44. The molecule has 0 fully saturated rings. The number of nitrogens with zero attached hydrogens (tertiary/aromatic N) is 1. The maximum atomic E-state index is 5.85. The first kappa shape index (κ1) is 15.8. The average molecular weight is 286 g/mol. The molecule has 2 rings (SSSR count). The van der Waals surface area contributed by atoms with Crippen molar-refractivity contribution in [3.63, 3.8) is 0 Å². The second-order valence-corrected chi connectivity index (χ2v) is 6.12. The van der Waals surface area contributed by atoms with Crippen LogP contribution in [-0.4, -0.2) is 18.1 Å². The molecule has 3 heteroatoms. The van der Waals surface area contributed by atoms with Crippen molar-refractivity contribution in [3.05, 3.63) is 41.4 Å². The second kappa shape index (κ2) is 7.41. The van der Waals surface area contributed by atoms with Gasteiger partial charge in [-0.15, -0.1) is 0 Å². The lowest BCUT2D eigenvalue weighted by Crippen LogP contribution is -2.21. The fraction of sp³-hybridized carbons (Fsp3) is 0.500. The van der Waals surface area contributed by atoms with Crippen LogP contribution in [-0.2, 0) is 6.42 Å². The van der Waals surface area contributed by atoms with Crippen molar-refractivity contribution < 1.29 is 4.42 Å². The zero-order valence-corrected chi connectivity index (χ0v) is 13.6. The van der Waals surface area contributed by atoms with Gasteiger partial charge in [0.25, 0.3) is 0 Å². The molecule has 2 aromatic rings. The molecule has 0 aliphatic carbocycles. The van der Waals surface area contributed by atoms with Gasteiger partial charge in [0.05, 0.1) is 6.20 Å². The molecule has 0 unspecified atom stereocenters. The summed E-state index contributed by atoms with van der Waals surface area (Å²) in [6, 6.07) is 6.38. The molecule has 1 N–H and O–H groups in total. The Hall–Kier alpha value is -1.61. The highest BCUT2D eigenvalue weighted by molar-refractivity contribution is 5.58. The number of aromatic nitrogens is 1. The van der Waals surface area contributed by atoms with E-state index in [1.54, 1.807) is 0 Å². The molecule has 0 spiro atoms. The van der Waals surface area contributed by atoms with E-state index in [1.807, 2.05) is 6.20 Å². The van der Waals surface area contributed by atoms with Crippen LogP contribution in [0.4, 0.5) is 0 Å². The van der Waals surface area contributed by atoms with Gasteiger partial charge >= 0.3 is 0 Å². The van der Waals surface area contributed by atoms with Crippen molar-refractivity contribution in [3.8, 4) is 11.3 Å². The van der Waals surface area contributed by atoms with E-state index in [-0.39, 0.29) is 0 Å². The summed E-state index contributed by atoms with van der Waals surface area (Å²) in [5.41, 5.74) is 3.69. The van der Waals surface area contributed by atoms with Gasteiger partial charge in [-0.25, -0.2) is 4.98 Å². The van der Waals surface area contributed by atoms with Crippen LogP contribution in [0.2, 0.25) is 0 Å². The number of oxazole rings is 1. The van der Waals surface area contributed by atoms with Crippen molar-refractivity contribution in [2.45, 2.75) is 40.5 Å². The van der Waals surface area contributed by atoms with E-state index in [9.17, 15) is 0 Å². The molecule has 1 aromatic carbocycles. The Kier molecular flexibility index (Phi) is 5.57. The second-order valence-electron chi connectivity index (χ2n) is 6.12. The van der Waals surface area contributed by atoms with Gasteiger partial charge in [-0.05, 0) is 56.5 Å². The summed E-state index contributed by atoms with van der Waals surface area (Å²) >= 11 is 0. The van der Waals surface area contributed by atoms with Gasteiger partial charge in [0.15, 0.2) is 11.7 Å². The van der Waals surface area contributed by atoms with Crippen molar-refractivity contribution >= 4 is 0 Å². The van der Waals surface area contributed by atoms with Gasteiger partial charge in [0, 0.05) is 12.0 Å². The third-order valence-electron chi connectivity index (χ3n) is 3.64. The summed E-state index contributed by atoms with van der Waals surface area (Å²) in [6.07, 6.45) is 3.77. The standard InChI is InChI=1S/C18H26N2O/c1-13(2)11-19-9-5-6-18-20-12-17(21-18)16-8-7-14(3)15(4)10-16/h7-8,10,12-13,19H,5-6,9,11H2,1-4H3. The van der Waals surface area contributed by atoms with E-state index < -0.39 is 0 Å². The molecule has 1 heterocycles. The summed E-state index contributed by atoms with van der Waals surface area (Å²) < 4.78 is 5.85. The van der Waals surface area contributed by atoms with E-state index in [2.05, 4.69) is 56.2 Å². The zero-order valence-electron chi connectivity index (χ0n) is 13.6. The molecule has 0 saturated heterocycles. The van der Waals surface area contributed by atoms with Crippen molar-refractivity contribution in [1.82, 2.24) is 10.3 Å². The van der Waals surface area contributed by atoms with Crippen LogP contribution in [0.25, 0.3) is 11.3 Å². The van der Waals surface area contributed by atoms with Crippen molar-refractivity contribution in [2.75, 3.05) is 13.1 Å². The quantitative estimate of drug-likeness (QED) is 0.777. The minimum atomic E-state index is 0.697.